The third kappa shape index (κ3) is 4.73. The Morgan fingerprint density at radius 3 is 2.42 bits per heavy atom. The minimum Gasteiger partial charge on any atom is -0.371 e. The predicted octanol–water partition coefficient (Wildman–Crippen LogP) is 1.71. The SMILES string of the molecule is CS(=O)(=O)c1cc(F)c(N[C@H]2CCN(C3CCN(c4cnc(C#N)cn4)CC3)C2=O)cc1F. The highest BCUT2D eigenvalue weighted by Crippen LogP contribution is 2.28. The van der Waals surface area contributed by atoms with Crippen LogP contribution in [0.2, 0.25) is 0 Å². The number of hydrogen-bond acceptors (Lipinski definition) is 8. The topological polar surface area (TPSA) is 119 Å². The van der Waals surface area contributed by atoms with Crippen LogP contribution in [0.3, 0.4) is 0 Å². The van der Waals surface area contributed by atoms with Gasteiger partial charge in [-0.15, -0.1) is 0 Å². The van der Waals surface area contributed by atoms with Crippen molar-refractivity contribution in [2.45, 2.75) is 36.2 Å². The van der Waals surface area contributed by atoms with Crippen LogP contribution < -0.4 is 10.2 Å². The molecule has 0 bridgehead atoms. The van der Waals surface area contributed by atoms with Crippen LogP contribution in [0, 0.1) is 23.0 Å². The minimum atomic E-state index is -3.91. The number of nitrogens with zero attached hydrogens (tertiary/aromatic N) is 5. The molecule has 0 spiro atoms. The molecule has 2 aliphatic rings. The molecule has 1 aromatic heterocycles. The number of aromatic nitrogens is 2. The van der Waals surface area contributed by atoms with E-state index in [1.807, 2.05) is 11.0 Å². The van der Waals surface area contributed by atoms with Gasteiger partial charge in [-0.05, 0) is 25.3 Å². The number of carbonyl (C=O) groups is 1. The summed E-state index contributed by atoms with van der Waals surface area (Å²) in [4.78, 5) is 24.3. The van der Waals surface area contributed by atoms with E-state index in [1.165, 1.54) is 6.20 Å². The maximum absolute atomic E-state index is 14.4. The number of halogens is 2. The average molecular weight is 477 g/mol. The predicted molar refractivity (Wildman–Crippen MR) is 115 cm³/mol. The first-order chi connectivity index (χ1) is 15.7. The maximum atomic E-state index is 14.4. The number of hydrogen-bond donors (Lipinski definition) is 1. The van der Waals surface area contributed by atoms with Crippen molar-refractivity contribution in [2.24, 2.45) is 0 Å². The van der Waals surface area contributed by atoms with Crippen molar-refractivity contribution in [3.8, 4) is 6.07 Å². The number of sulfone groups is 1. The van der Waals surface area contributed by atoms with Gasteiger partial charge in [0.15, 0.2) is 15.5 Å². The van der Waals surface area contributed by atoms with E-state index in [0.717, 1.165) is 12.3 Å². The van der Waals surface area contributed by atoms with Crippen molar-refractivity contribution in [1.82, 2.24) is 14.9 Å². The highest BCUT2D eigenvalue weighted by molar-refractivity contribution is 7.90. The van der Waals surface area contributed by atoms with E-state index in [-0.39, 0.29) is 23.3 Å². The van der Waals surface area contributed by atoms with Gasteiger partial charge in [0.1, 0.15) is 34.5 Å². The molecule has 12 heteroatoms. The summed E-state index contributed by atoms with van der Waals surface area (Å²) in [5, 5.41) is 11.6. The van der Waals surface area contributed by atoms with Gasteiger partial charge >= 0.3 is 0 Å². The first-order valence-corrected chi connectivity index (χ1v) is 12.3. The lowest BCUT2D eigenvalue weighted by atomic mass is 10.0. The van der Waals surface area contributed by atoms with Gasteiger partial charge in [-0.25, -0.2) is 27.2 Å². The van der Waals surface area contributed by atoms with E-state index in [4.69, 9.17) is 5.26 Å². The number of nitriles is 1. The molecule has 33 heavy (non-hydrogen) atoms. The summed E-state index contributed by atoms with van der Waals surface area (Å²) in [7, 11) is -3.91. The fraction of sp³-hybridized carbons (Fsp3) is 0.429. The number of likely N-dealkylation sites (tertiary alicyclic amines) is 1. The third-order valence-electron chi connectivity index (χ3n) is 5.97. The van der Waals surface area contributed by atoms with Gasteiger partial charge in [-0.1, -0.05) is 0 Å². The second kappa shape index (κ2) is 8.90. The molecule has 4 rings (SSSR count). The summed E-state index contributed by atoms with van der Waals surface area (Å²) in [6.07, 6.45) is 5.64. The largest absolute Gasteiger partial charge is 0.371 e. The van der Waals surface area contributed by atoms with Crippen LogP contribution in [-0.2, 0) is 14.6 Å². The number of anilines is 2. The fourth-order valence-electron chi connectivity index (χ4n) is 4.26. The fourth-order valence-corrected chi connectivity index (χ4v) is 4.99. The van der Waals surface area contributed by atoms with Gasteiger partial charge in [0.2, 0.25) is 5.91 Å². The molecular weight excluding hydrogens is 454 g/mol. The lowest BCUT2D eigenvalue weighted by molar-refractivity contribution is -0.130. The molecule has 2 aliphatic heterocycles. The molecular formula is C21H22F2N6O3S. The summed E-state index contributed by atoms with van der Waals surface area (Å²) in [5.74, 6) is -1.52. The van der Waals surface area contributed by atoms with Crippen LogP contribution in [0.4, 0.5) is 20.3 Å². The zero-order valence-electron chi connectivity index (χ0n) is 17.8. The van der Waals surface area contributed by atoms with Crippen molar-refractivity contribution < 1.29 is 22.0 Å². The van der Waals surface area contributed by atoms with Crippen LogP contribution >= 0.6 is 0 Å². The highest BCUT2D eigenvalue weighted by Gasteiger charge is 2.37. The summed E-state index contributed by atoms with van der Waals surface area (Å²) in [5.41, 5.74) is 0.00595. The van der Waals surface area contributed by atoms with Gasteiger partial charge in [0.05, 0.1) is 18.1 Å². The molecule has 0 unspecified atom stereocenters. The van der Waals surface area contributed by atoms with Gasteiger partial charge in [-0.3, -0.25) is 4.79 Å². The highest BCUT2D eigenvalue weighted by atomic mass is 32.2. The Kier molecular flexibility index (Phi) is 6.16. The Balaban J connectivity index is 1.38. The zero-order valence-corrected chi connectivity index (χ0v) is 18.6. The quantitative estimate of drug-likeness (QED) is 0.693. The number of rotatable bonds is 5. The van der Waals surface area contributed by atoms with E-state index in [0.29, 0.717) is 50.8 Å². The summed E-state index contributed by atoms with van der Waals surface area (Å²) >= 11 is 0. The first-order valence-electron chi connectivity index (χ1n) is 10.4. The van der Waals surface area contributed by atoms with Crippen LogP contribution in [-0.4, -0.2) is 67.2 Å². The Morgan fingerprint density at radius 2 is 1.82 bits per heavy atom. The second-order valence-corrected chi connectivity index (χ2v) is 10.1. The third-order valence-corrected chi connectivity index (χ3v) is 7.08. The Bertz CT molecular complexity index is 1210. The Morgan fingerprint density at radius 1 is 1.09 bits per heavy atom. The molecule has 2 aromatic rings. The van der Waals surface area contributed by atoms with Crippen LogP contribution in [0.5, 0.6) is 0 Å². The van der Waals surface area contributed by atoms with E-state index in [1.54, 1.807) is 11.1 Å². The molecule has 2 fully saturated rings. The zero-order chi connectivity index (χ0) is 23.8. The number of nitrogens with one attached hydrogen (secondary N) is 1. The molecule has 9 nitrogen and oxygen atoms in total. The lowest BCUT2D eigenvalue weighted by Gasteiger charge is -2.37. The normalized spacial score (nSPS) is 19.6. The summed E-state index contributed by atoms with van der Waals surface area (Å²) in [6.45, 7) is 1.82. The van der Waals surface area contributed by atoms with Gasteiger partial charge < -0.3 is 15.1 Å². The van der Waals surface area contributed by atoms with Crippen LogP contribution in [0.15, 0.2) is 29.4 Å². The smallest absolute Gasteiger partial charge is 0.245 e. The summed E-state index contributed by atoms with van der Waals surface area (Å²) in [6, 6.07) is 2.64. The van der Waals surface area contributed by atoms with E-state index in [9.17, 15) is 22.0 Å². The standard InChI is InChI=1S/C21H22F2N6O3S/c1-33(31,32)19-9-15(22)18(8-16(19)23)27-17-4-7-29(21(17)30)14-2-5-28(6-3-14)20-12-25-13(10-24)11-26-20/h8-9,11-12,14,17,27H,2-7H2,1H3/t17-/m0/s1. The molecule has 1 N–H and O–H groups in total. The maximum Gasteiger partial charge on any atom is 0.245 e. The second-order valence-electron chi connectivity index (χ2n) is 8.14. The van der Waals surface area contributed by atoms with E-state index in [2.05, 4.69) is 15.3 Å². The van der Waals surface area contributed by atoms with Crippen molar-refractivity contribution in [2.75, 3.05) is 36.1 Å². The van der Waals surface area contributed by atoms with Crippen molar-refractivity contribution in [3.63, 3.8) is 0 Å². The van der Waals surface area contributed by atoms with Crippen LogP contribution in [0.1, 0.15) is 25.0 Å². The Hall–Kier alpha value is -3.33. The number of benzene rings is 1. The van der Waals surface area contributed by atoms with Crippen molar-refractivity contribution in [1.29, 1.82) is 5.26 Å². The van der Waals surface area contributed by atoms with Crippen molar-refractivity contribution >= 4 is 27.2 Å². The molecule has 2 saturated heterocycles. The van der Waals surface area contributed by atoms with Crippen LogP contribution in [0.25, 0.3) is 0 Å². The van der Waals surface area contributed by atoms with E-state index >= 15 is 0 Å². The molecule has 174 valence electrons. The van der Waals surface area contributed by atoms with Gasteiger partial charge in [0.25, 0.3) is 0 Å². The summed E-state index contributed by atoms with van der Waals surface area (Å²) < 4.78 is 51.7. The van der Waals surface area contributed by atoms with Crippen molar-refractivity contribution in [3.05, 3.63) is 41.9 Å². The van der Waals surface area contributed by atoms with E-state index < -0.39 is 32.4 Å². The number of amides is 1. The Labute approximate surface area is 190 Å². The number of carbonyl (C=O) groups excluding carboxylic acids is 1. The minimum absolute atomic E-state index is 0.0149. The lowest BCUT2D eigenvalue weighted by Crippen LogP contribution is -2.47. The molecule has 1 atom stereocenters. The van der Waals surface area contributed by atoms with Gasteiger partial charge in [-0.2, -0.15) is 5.26 Å². The number of piperidine rings is 1. The monoisotopic (exact) mass is 476 g/mol. The molecule has 1 amide bonds. The first kappa shape index (κ1) is 22.8. The van der Waals surface area contributed by atoms with Gasteiger partial charge in [0, 0.05) is 38.0 Å². The average Bonchev–Trinajstić information content (AvgIpc) is 3.15. The molecule has 3 heterocycles. The molecule has 0 saturated carbocycles. The molecule has 0 aliphatic carbocycles. The molecule has 1 aromatic carbocycles. The molecule has 0 radical (unpaired) electrons.